The number of nitrogen functional groups attached to an aromatic ring is 1. The van der Waals surface area contributed by atoms with Gasteiger partial charge >= 0.3 is 15.0 Å². The van der Waals surface area contributed by atoms with Crippen molar-refractivity contribution in [2.75, 3.05) is 18.9 Å². The van der Waals surface area contributed by atoms with Crippen molar-refractivity contribution in [2.45, 2.75) is 49.2 Å². The first-order valence-corrected chi connectivity index (χ1v) is 16.3. The number of aliphatic hydroxyl groups is 1. The van der Waals surface area contributed by atoms with Crippen LogP contribution in [0.4, 0.5) is 14.7 Å². The third-order valence-electron chi connectivity index (χ3n) is 6.80. The van der Waals surface area contributed by atoms with Gasteiger partial charge in [-0.1, -0.05) is 5.21 Å². The van der Waals surface area contributed by atoms with Crippen molar-refractivity contribution in [1.29, 1.82) is 0 Å². The van der Waals surface area contributed by atoms with Gasteiger partial charge < -0.3 is 34.7 Å². The molecule has 2 saturated heterocycles. The summed E-state index contributed by atoms with van der Waals surface area (Å²) in [6.07, 6.45) is -12.1. The van der Waals surface area contributed by atoms with Crippen molar-refractivity contribution >= 4 is 55.1 Å². The molecule has 0 amide bonds. The zero-order chi connectivity index (χ0) is 32.2. The molecule has 26 heteroatoms. The molecule has 2 unspecified atom stereocenters. The van der Waals surface area contributed by atoms with Crippen LogP contribution >= 0.6 is 15.0 Å². The summed E-state index contributed by atoms with van der Waals surface area (Å²) in [6.45, 7) is -5.97. The molecular formula is C19H21F2N10O11P2S+. The van der Waals surface area contributed by atoms with Crippen LogP contribution in [0.2, 0.25) is 0 Å². The normalized spacial score (nSPS) is 30.3. The van der Waals surface area contributed by atoms with E-state index in [4.69, 9.17) is 41.0 Å². The van der Waals surface area contributed by atoms with Crippen LogP contribution < -0.4 is 16.9 Å². The molecule has 242 valence electrons. The number of aliphatic hydroxyl groups excluding tert-OH is 1. The molecule has 21 nitrogen and oxygen atoms in total. The molecule has 0 bridgehead atoms. The van der Waals surface area contributed by atoms with E-state index in [0.29, 0.717) is 0 Å². The van der Waals surface area contributed by atoms with Gasteiger partial charge in [0.2, 0.25) is 5.95 Å². The molecule has 2 aliphatic rings. The van der Waals surface area contributed by atoms with E-state index in [1.807, 2.05) is 0 Å². The lowest BCUT2D eigenvalue weighted by atomic mass is 10.1. The molecule has 0 aromatic carbocycles. The van der Waals surface area contributed by atoms with E-state index in [1.165, 1.54) is 0 Å². The highest BCUT2D eigenvalue weighted by molar-refractivity contribution is 8.07. The maximum Gasteiger partial charge on any atom is 0.694 e. The highest BCUT2D eigenvalue weighted by atomic mass is 32.5. The van der Waals surface area contributed by atoms with Crippen LogP contribution in [0.1, 0.15) is 12.5 Å². The smallest absolute Gasteiger partial charge is 0.387 e. The van der Waals surface area contributed by atoms with Gasteiger partial charge in [-0.25, -0.2) is 18.7 Å². The van der Waals surface area contributed by atoms with E-state index < -0.39 is 88.5 Å². The number of alkyl halides is 2. The van der Waals surface area contributed by atoms with E-state index in [2.05, 4.69) is 39.8 Å². The van der Waals surface area contributed by atoms with Crippen LogP contribution in [0.25, 0.3) is 22.3 Å². The fourth-order valence-corrected chi connectivity index (χ4v) is 6.45. The molecule has 0 saturated carbocycles. The van der Waals surface area contributed by atoms with Gasteiger partial charge in [-0.05, 0) is 11.8 Å². The highest BCUT2D eigenvalue weighted by Crippen LogP contribution is 2.51. The minimum Gasteiger partial charge on any atom is -0.387 e. The average molecular weight is 697 g/mol. The Kier molecular flexibility index (Phi) is 8.56. The summed E-state index contributed by atoms with van der Waals surface area (Å²) in [4.78, 5) is 60.3. The van der Waals surface area contributed by atoms with Gasteiger partial charge in [0.05, 0.1) is 19.3 Å². The summed E-state index contributed by atoms with van der Waals surface area (Å²) in [5.74, 6) is -0.310. The molecule has 2 fully saturated rings. The number of anilines is 1. The molecule has 0 spiro atoms. The molecule has 2 aliphatic heterocycles. The van der Waals surface area contributed by atoms with Crippen LogP contribution in [0, 0.1) is 0 Å². The Labute approximate surface area is 252 Å². The topological polar surface area (TPSA) is 290 Å². The predicted octanol–water partition coefficient (Wildman–Crippen LogP) is -1.65. The zero-order valence-electron chi connectivity index (χ0n) is 22.1. The van der Waals surface area contributed by atoms with Crippen LogP contribution in [-0.2, 0) is 39.4 Å². The summed E-state index contributed by atoms with van der Waals surface area (Å²) in [5, 5.41) is 17.8. The van der Waals surface area contributed by atoms with Gasteiger partial charge in [0.15, 0.2) is 47.1 Å². The predicted molar refractivity (Wildman–Crippen MR) is 145 cm³/mol. The van der Waals surface area contributed by atoms with E-state index in [1.54, 1.807) is 0 Å². The number of nitrogens with zero attached hydrogens (tertiary/aromatic N) is 7. The van der Waals surface area contributed by atoms with Crippen molar-refractivity contribution in [3.63, 3.8) is 0 Å². The highest BCUT2D eigenvalue weighted by Gasteiger charge is 2.52. The number of nitrogens with one attached hydrogen (secondary N) is 2. The summed E-state index contributed by atoms with van der Waals surface area (Å²) >= 11 is 5.05. The Hall–Kier alpha value is -3.28. The van der Waals surface area contributed by atoms with Crippen LogP contribution in [0.3, 0.4) is 0 Å². The standard InChI is InChI=1S/C19H20F2N10O11P2S/c20-7-5(1-38-43(35)36)40-18(30-4-25-9-14(30)26-19(22)27-16(9)34)12(7)42-44(37,45)39-2-6-11(32)8(21)17(41-6)31-13-10(28-29-31)15(33)24-3-23-13/h3-8,11-12,17-18,32H,1-2H2,(H5-,22,23,24,26,27,29,33,34,35,36,37,45)/p+1/t5-,6-,7-,8+,11-,12-,17-,18-,44?/m1/s1. The second kappa shape index (κ2) is 12.1. The van der Waals surface area contributed by atoms with Gasteiger partial charge in [0.1, 0.15) is 31.0 Å². The van der Waals surface area contributed by atoms with E-state index in [9.17, 15) is 24.2 Å². The number of halogens is 2. The third kappa shape index (κ3) is 6.02. The Morgan fingerprint density at radius 3 is 2.62 bits per heavy atom. The Bertz CT molecular complexity index is 1930. The first-order chi connectivity index (χ1) is 21.3. The van der Waals surface area contributed by atoms with Crippen LogP contribution in [0.15, 0.2) is 22.2 Å². The number of aromatic amines is 2. The molecule has 0 aliphatic carbocycles. The molecule has 6 rings (SSSR count). The summed E-state index contributed by atoms with van der Waals surface area (Å²) < 4.78 is 70.2. The second-order valence-corrected chi connectivity index (χ2v) is 13.1. The maximum absolute atomic E-state index is 15.6. The number of aromatic nitrogens is 9. The number of rotatable bonds is 10. The fourth-order valence-electron chi connectivity index (χ4n) is 4.77. The second-order valence-electron chi connectivity index (χ2n) is 9.59. The summed E-state index contributed by atoms with van der Waals surface area (Å²) in [6, 6.07) is 0. The number of hydrogen-bond donors (Lipinski definition) is 6. The minimum absolute atomic E-state index is 0.133. The Morgan fingerprint density at radius 2 is 1.87 bits per heavy atom. The van der Waals surface area contributed by atoms with Crippen LogP contribution in [0.5, 0.6) is 0 Å². The Balaban J connectivity index is 1.20. The average Bonchev–Trinajstić information content (AvgIpc) is 3.73. The number of nitrogens with two attached hydrogens (primary N) is 1. The van der Waals surface area contributed by atoms with Crippen molar-refractivity contribution in [1.82, 2.24) is 44.5 Å². The molecule has 6 heterocycles. The molecule has 4 aromatic heterocycles. The maximum atomic E-state index is 15.6. The largest absolute Gasteiger partial charge is 0.694 e. The third-order valence-corrected chi connectivity index (χ3v) is 8.73. The van der Waals surface area contributed by atoms with E-state index in [0.717, 1.165) is 21.9 Å². The van der Waals surface area contributed by atoms with E-state index >= 15 is 8.78 Å². The Morgan fingerprint density at radius 1 is 1.11 bits per heavy atom. The molecule has 4 aromatic rings. The number of fused-ring (bicyclic) bond motifs is 2. The van der Waals surface area contributed by atoms with E-state index in [-0.39, 0.29) is 28.3 Å². The number of hydrogen-bond acceptors (Lipinski definition) is 16. The lowest BCUT2D eigenvalue weighted by Gasteiger charge is -2.26. The van der Waals surface area contributed by atoms with Crippen molar-refractivity contribution < 1.29 is 51.3 Å². The molecule has 45 heavy (non-hydrogen) atoms. The first-order valence-electron chi connectivity index (χ1n) is 12.6. The monoisotopic (exact) mass is 697 g/mol. The molecule has 7 N–H and O–H groups in total. The van der Waals surface area contributed by atoms with Gasteiger partial charge in [-0.15, -0.1) is 14.5 Å². The molecule has 10 atom stereocenters. The van der Waals surface area contributed by atoms with Crippen molar-refractivity contribution in [3.8, 4) is 0 Å². The number of imidazole rings is 1. The van der Waals surface area contributed by atoms with Gasteiger partial charge in [0.25, 0.3) is 11.1 Å². The van der Waals surface area contributed by atoms with Crippen molar-refractivity contribution in [3.05, 3.63) is 33.4 Å². The fraction of sp³-hybridized carbons (Fsp3) is 0.526. The first kappa shape index (κ1) is 31.7. The van der Waals surface area contributed by atoms with Crippen molar-refractivity contribution in [2.24, 2.45) is 0 Å². The SMILES string of the molecule is Nc1nc2c(ncn2[C@@H]2O[C@H](CO[P+](=O)O)[C@@H](F)[C@H]2OP(O)(=S)OC[C@H]2O[C@@H](n3nnc4c(=O)[nH]cnc43)[C@@H](F)[C@@H]2O)c(=O)[nH]1. The van der Waals surface area contributed by atoms with Gasteiger partial charge in [0, 0.05) is 4.57 Å². The molecular weight excluding hydrogens is 676 g/mol. The summed E-state index contributed by atoms with van der Waals surface area (Å²) in [5.41, 5.74) is 3.54. The van der Waals surface area contributed by atoms with Gasteiger partial charge in [-0.3, -0.25) is 23.7 Å². The minimum atomic E-state index is -4.47. The summed E-state index contributed by atoms with van der Waals surface area (Å²) in [7, 11) is -3.14. The number of ether oxygens (including phenoxy) is 2. The van der Waals surface area contributed by atoms with Crippen LogP contribution in [-0.4, -0.2) is 109 Å². The zero-order valence-corrected chi connectivity index (χ0v) is 24.7. The lowest BCUT2D eigenvalue weighted by molar-refractivity contribution is -0.0568. The lowest BCUT2D eigenvalue weighted by Crippen LogP contribution is -2.33. The molecule has 0 radical (unpaired) electrons. The number of H-pyrrole nitrogens is 2. The van der Waals surface area contributed by atoms with Gasteiger partial charge in [-0.2, -0.15) is 9.67 Å². The quantitative estimate of drug-likeness (QED) is 0.101.